The standard InChI is InChI=1S/C58H37N3O/c1-4-16-38(17-5-1)45-34-46(39-18-6-2-7-19-39)36-47(35-45)57-60-55(43-22-8-3-9-23-43)59-56(61-57)44-31-30-42-29-28-41-21-11-13-25-49(41)58(52(42)37-44)50-26-14-15-27-53(50)62-54-48-24-12-10-20-40(48)32-33-51(54)58/h1-37H. The van der Waals surface area contributed by atoms with Gasteiger partial charge in [0.25, 0.3) is 0 Å². The van der Waals surface area contributed by atoms with Crippen molar-refractivity contribution in [3.63, 3.8) is 0 Å². The van der Waals surface area contributed by atoms with Gasteiger partial charge in [-0.05, 0) is 80.2 Å². The number of para-hydroxylation sites is 1. The van der Waals surface area contributed by atoms with Gasteiger partial charge < -0.3 is 4.74 Å². The Labute approximate surface area is 360 Å². The second kappa shape index (κ2) is 14.5. The molecule has 1 spiro atoms. The molecule has 0 N–H and O–H groups in total. The molecule has 0 amide bonds. The highest BCUT2D eigenvalue weighted by atomic mass is 16.5. The van der Waals surface area contributed by atoms with Gasteiger partial charge in [0.2, 0.25) is 0 Å². The normalized spacial score (nSPS) is 14.6. The molecule has 9 aromatic carbocycles. The topological polar surface area (TPSA) is 47.9 Å². The average molecular weight is 792 g/mol. The summed E-state index contributed by atoms with van der Waals surface area (Å²) in [6, 6.07) is 74.8. The van der Waals surface area contributed by atoms with Gasteiger partial charge in [0.1, 0.15) is 11.5 Å². The number of ether oxygens (including phenoxy) is 1. The number of aromatic nitrogens is 3. The highest BCUT2D eigenvalue weighted by Crippen LogP contribution is 2.59. The van der Waals surface area contributed by atoms with Crippen molar-refractivity contribution in [3.05, 3.63) is 246 Å². The second-order valence-electron chi connectivity index (χ2n) is 15.9. The highest BCUT2D eigenvalue weighted by Gasteiger charge is 2.48. The summed E-state index contributed by atoms with van der Waals surface area (Å²) in [5, 5.41) is 2.21. The molecule has 2 aliphatic rings. The number of hydrogen-bond acceptors (Lipinski definition) is 4. The van der Waals surface area contributed by atoms with E-state index in [-0.39, 0.29) is 0 Å². The first-order valence-electron chi connectivity index (χ1n) is 21.0. The molecule has 1 aliphatic heterocycles. The van der Waals surface area contributed by atoms with Gasteiger partial charge >= 0.3 is 0 Å². The van der Waals surface area contributed by atoms with E-state index in [4.69, 9.17) is 19.7 Å². The Morgan fingerprint density at radius 1 is 0.323 bits per heavy atom. The van der Waals surface area contributed by atoms with Crippen LogP contribution >= 0.6 is 0 Å². The second-order valence-corrected chi connectivity index (χ2v) is 15.9. The third-order valence-electron chi connectivity index (χ3n) is 12.4. The Morgan fingerprint density at radius 2 is 0.855 bits per heavy atom. The maximum Gasteiger partial charge on any atom is 0.164 e. The molecule has 0 fully saturated rings. The van der Waals surface area contributed by atoms with Gasteiger partial charge in [0.15, 0.2) is 17.5 Å². The predicted molar refractivity (Wildman–Crippen MR) is 252 cm³/mol. The van der Waals surface area contributed by atoms with Crippen molar-refractivity contribution in [2.75, 3.05) is 0 Å². The van der Waals surface area contributed by atoms with Crippen LogP contribution in [0.4, 0.5) is 0 Å². The fourth-order valence-corrected chi connectivity index (χ4v) is 9.52. The molecule has 290 valence electrons. The largest absolute Gasteiger partial charge is 0.456 e. The third kappa shape index (κ3) is 5.80. The fraction of sp³-hybridized carbons (Fsp3) is 0.0172. The number of benzene rings is 9. The summed E-state index contributed by atoms with van der Waals surface area (Å²) in [5.74, 6) is 3.52. The highest BCUT2D eigenvalue weighted by molar-refractivity contribution is 5.94. The van der Waals surface area contributed by atoms with Crippen molar-refractivity contribution >= 4 is 22.9 Å². The molecule has 12 rings (SSSR count). The van der Waals surface area contributed by atoms with E-state index in [9.17, 15) is 0 Å². The summed E-state index contributed by atoms with van der Waals surface area (Å²) in [5.41, 5.74) is 13.2. The zero-order chi connectivity index (χ0) is 41.0. The summed E-state index contributed by atoms with van der Waals surface area (Å²) >= 11 is 0. The van der Waals surface area contributed by atoms with Crippen LogP contribution in [0.15, 0.2) is 212 Å². The Bertz CT molecular complexity index is 3320. The van der Waals surface area contributed by atoms with E-state index in [0.717, 1.165) is 89.0 Å². The van der Waals surface area contributed by atoms with Gasteiger partial charge in [-0.1, -0.05) is 194 Å². The first kappa shape index (κ1) is 35.7. The van der Waals surface area contributed by atoms with Crippen LogP contribution in [0.5, 0.6) is 11.5 Å². The molecule has 0 bridgehead atoms. The minimum absolute atomic E-state index is 0.596. The first-order valence-corrected chi connectivity index (χ1v) is 21.0. The number of hydrogen-bond donors (Lipinski definition) is 0. The van der Waals surface area contributed by atoms with E-state index in [1.165, 1.54) is 5.56 Å². The Kier molecular flexibility index (Phi) is 8.36. The average Bonchev–Trinajstić information content (AvgIpc) is 3.49. The molecule has 0 saturated heterocycles. The van der Waals surface area contributed by atoms with E-state index in [0.29, 0.717) is 17.5 Å². The summed E-state index contributed by atoms with van der Waals surface area (Å²) in [4.78, 5) is 15.9. The predicted octanol–water partition coefficient (Wildman–Crippen LogP) is 14.3. The molecule has 10 aromatic rings. The lowest BCUT2D eigenvalue weighted by Crippen LogP contribution is -2.35. The van der Waals surface area contributed by atoms with Crippen molar-refractivity contribution in [1.29, 1.82) is 0 Å². The Morgan fingerprint density at radius 3 is 1.56 bits per heavy atom. The van der Waals surface area contributed by atoms with Crippen molar-refractivity contribution in [1.82, 2.24) is 15.0 Å². The van der Waals surface area contributed by atoms with Crippen molar-refractivity contribution in [3.8, 4) is 67.9 Å². The van der Waals surface area contributed by atoms with Gasteiger partial charge in [0, 0.05) is 33.2 Å². The summed E-state index contributed by atoms with van der Waals surface area (Å²) in [6.45, 7) is 0. The van der Waals surface area contributed by atoms with Gasteiger partial charge in [-0.25, -0.2) is 15.0 Å². The van der Waals surface area contributed by atoms with Crippen LogP contribution in [0.1, 0.15) is 33.4 Å². The first-order chi connectivity index (χ1) is 30.7. The lowest BCUT2D eigenvalue weighted by atomic mass is 9.62. The molecular formula is C58H37N3O. The number of rotatable bonds is 5. The maximum absolute atomic E-state index is 6.96. The molecule has 4 nitrogen and oxygen atoms in total. The minimum Gasteiger partial charge on any atom is -0.456 e. The van der Waals surface area contributed by atoms with Crippen molar-refractivity contribution < 1.29 is 4.74 Å². The lowest BCUT2D eigenvalue weighted by Gasteiger charge is -2.42. The van der Waals surface area contributed by atoms with E-state index < -0.39 is 5.41 Å². The van der Waals surface area contributed by atoms with Crippen LogP contribution in [-0.2, 0) is 5.41 Å². The number of fused-ring (bicyclic) bond motifs is 10. The van der Waals surface area contributed by atoms with Gasteiger partial charge in [0.05, 0.1) is 5.41 Å². The molecule has 4 heteroatoms. The Balaban J connectivity index is 1.13. The van der Waals surface area contributed by atoms with Crippen molar-refractivity contribution in [2.24, 2.45) is 0 Å². The van der Waals surface area contributed by atoms with Crippen LogP contribution in [-0.4, -0.2) is 15.0 Å². The fourth-order valence-electron chi connectivity index (χ4n) is 9.52. The third-order valence-corrected chi connectivity index (χ3v) is 12.4. The van der Waals surface area contributed by atoms with Crippen LogP contribution < -0.4 is 4.74 Å². The summed E-state index contributed by atoms with van der Waals surface area (Å²) in [7, 11) is 0. The van der Waals surface area contributed by atoms with E-state index in [1.807, 2.05) is 18.2 Å². The van der Waals surface area contributed by atoms with Crippen LogP contribution in [0.3, 0.4) is 0 Å². The SMILES string of the molecule is C1=Cc2ccc(-c3nc(-c4ccccc4)nc(-c4cc(-c5ccccc5)cc(-c5ccccc5)c4)n3)cc2C2(c3ccccc31)c1ccccc1Oc1c2ccc2ccccc12. The molecule has 0 radical (unpaired) electrons. The lowest BCUT2D eigenvalue weighted by molar-refractivity contribution is 0.439. The molecule has 1 unspecified atom stereocenters. The molecular weight excluding hydrogens is 755 g/mol. The van der Waals surface area contributed by atoms with Crippen LogP contribution in [0.2, 0.25) is 0 Å². The summed E-state index contributed by atoms with van der Waals surface area (Å²) < 4.78 is 6.96. The quantitative estimate of drug-likeness (QED) is 0.174. The molecule has 1 aromatic heterocycles. The minimum atomic E-state index is -0.744. The Hall–Kier alpha value is -8.21. The van der Waals surface area contributed by atoms with Gasteiger partial charge in [-0.15, -0.1) is 0 Å². The smallest absolute Gasteiger partial charge is 0.164 e. The van der Waals surface area contributed by atoms with Gasteiger partial charge in [-0.3, -0.25) is 0 Å². The zero-order valence-electron chi connectivity index (χ0n) is 33.6. The van der Waals surface area contributed by atoms with Gasteiger partial charge in [-0.2, -0.15) is 0 Å². The summed E-state index contributed by atoms with van der Waals surface area (Å²) in [6.07, 6.45) is 4.50. The van der Waals surface area contributed by atoms with E-state index in [2.05, 4.69) is 206 Å². The maximum atomic E-state index is 6.96. The van der Waals surface area contributed by atoms with E-state index in [1.54, 1.807) is 0 Å². The molecule has 1 atom stereocenters. The van der Waals surface area contributed by atoms with E-state index >= 15 is 0 Å². The molecule has 0 saturated carbocycles. The molecule has 2 heterocycles. The molecule has 62 heavy (non-hydrogen) atoms. The monoisotopic (exact) mass is 791 g/mol. The van der Waals surface area contributed by atoms with Crippen molar-refractivity contribution in [2.45, 2.75) is 5.41 Å². The zero-order valence-corrected chi connectivity index (χ0v) is 33.6. The van der Waals surface area contributed by atoms with Crippen LogP contribution in [0, 0.1) is 0 Å². The van der Waals surface area contributed by atoms with Crippen LogP contribution in [0.25, 0.3) is 79.3 Å². The molecule has 1 aliphatic carbocycles. The number of nitrogens with zero attached hydrogens (tertiary/aromatic N) is 3.